The molecule has 0 aliphatic heterocycles. The second-order valence-electron chi connectivity index (χ2n) is 6.32. The fraction of sp³-hybridized carbons (Fsp3) is 0.0455. The van der Waals surface area contributed by atoms with Crippen LogP contribution in [0.2, 0.25) is 0 Å². The molecule has 0 spiro atoms. The molecule has 126 valence electrons. The van der Waals surface area contributed by atoms with Crippen LogP contribution in [0.15, 0.2) is 66.9 Å². The third kappa shape index (κ3) is 1.99. The first-order valence-corrected chi connectivity index (χ1v) is 8.46. The maximum absolute atomic E-state index is 12.3. The minimum absolute atomic E-state index is 0.341. The van der Waals surface area contributed by atoms with Crippen LogP contribution in [0.5, 0.6) is 0 Å². The number of carbonyl (C=O) groups excluding carboxylic acids is 1. The molecule has 4 nitrogen and oxygen atoms in total. The summed E-state index contributed by atoms with van der Waals surface area (Å²) in [5, 5.41) is 3.28. The molecule has 0 fully saturated rings. The summed E-state index contributed by atoms with van der Waals surface area (Å²) < 4.78 is 4.98. The van der Waals surface area contributed by atoms with E-state index in [1.165, 1.54) is 7.11 Å². The van der Waals surface area contributed by atoms with Crippen LogP contribution in [0.25, 0.3) is 43.8 Å². The van der Waals surface area contributed by atoms with Gasteiger partial charge in [0.05, 0.1) is 18.2 Å². The number of hydrogen-bond donors (Lipinski definition) is 2. The molecule has 4 heteroatoms. The number of aromatic amines is 2. The Hall–Kier alpha value is -3.53. The van der Waals surface area contributed by atoms with Crippen LogP contribution in [0.4, 0.5) is 0 Å². The van der Waals surface area contributed by atoms with Gasteiger partial charge in [-0.3, -0.25) is 0 Å². The molecule has 0 saturated carbocycles. The van der Waals surface area contributed by atoms with Crippen molar-refractivity contribution in [3.63, 3.8) is 0 Å². The fourth-order valence-corrected chi connectivity index (χ4v) is 3.76. The summed E-state index contributed by atoms with van der Waals surface area (Å²) in [7, 11) is 1.41. The number of carbonyl (C=O) groups is 1. The van der Waals surface area contributed by atoms with E-state index in [2.05, 4.69) is 28.2 Å². The van der Waals surface area contributed by atoms with Gasteiger partial charge in [0.1, 0.15) is 0 Å². The van der Waals surface area contributed by atoms with Crippen molar-refractivity contribution in [2.24, 2.45) is 0 Å². The predicted octanol–water partition coefficient (Wildman–Crippen LogP) is 5.26. The summed E-state index contributed by atoms with van der Waals surface area (Å²) in [6, 6.07) is 20.2. The van der Waals surface area contributed by atoms with Gasteiger partial charge in [-0.2, -0.15) is 0 Å². The van der Waals surface area contributed by atoms with E-state index < -0.39 is 0 Å². The van der Waals surface area contributed by atoms with Crippen LogP contribution >= 0.6 is 0 Å². The molecule has 2 heterocycles. The Morgan fingerprint density at radius 1 is 0.846 bits per heavy atom. The van der Waals surface area contributed by atoms with E-state index >= 15 is 0 Å². The second-order valence-corrected chi connectivity index (χ2v) is 6.32. The Bertz CT molecular complexity index is 1290. The lowest BCUT2D eigenvalue weighted by Gasteiger charge is -2.07. The van der Waals surface area contributed by atoms with Gasteiger partial charge < -0.3 is 14.7 Å². The molecule has 0 aliphatic carbocycles. The monoisotopic (exact) mass is 340 g/mol. The quantitative estimate of drug-likeness (QED) is 0.431. The minimum atomic E-state index is -0.341. The van der Waals surface area contributed by atoms with E-state index in [0.717, 1.165) is 43.8 Å². The Morgan fingerprint density at radius 2 is 1.58 bits per heavy atom. The van der Waals surface area contributed by atoms with Crippen LogP contribution in [0.1, 0.15) is 10.4 Å². The Kier molecular flexibility index (Phi) is 3.12. The summed E-state index contributed by atoms with van der Waals surface area (Å²) in [6.07, 6.45) is 2.03. The Balaban J connectivity index is 1.93. The van der Waals surface area contributed by atoms with Gasteiger partial charge in [0.25, 0.3) is 0 Å². The number of aromatic nitrogens is 2. The lowest BCUT2D eigenvalue weighted by Crippen LogP contribution is -2.02. The van der Waals surface area contributed by atoms with Gasteiger partial charge in [-0.1, -0.05) is 42.5 Å². The van der Waals surface area contributed by atoms with E-state index in [4.69, 9.17) is 4.74 Å². The van der Waals surface area contributed by atoms with E-state index in [0.29, 0.717) is 5.56 Å². The number of benzene rings is 3. The zero-order valence-corrected chi connectivity index (χ0v) is 14.2. The first-order chi connectivity index (χ1) is 12.8. The number of para-hydroxylation sites is 2. The molecule has 3 aromatic carbocycles. The van der Waals surface area contributed by atoms with Crippen molar-refractivity contribution in [3.05, 3.63) is 72.4 Å². The van der Waals surface area contributed by atoms with Crippen molar-refractivity contribution in [3.8, 4) is 11.1 Å². The molecule has 0 atom stereocenters. The van der Waals surface area contributed by atoms with Crippen molar-refractivity contribution in [2.75, 3.05) is 7.11 Å². The molecule has 0 amide bonds. The molecule has 2 aromatic heterocycles. The van der Waals surface area contributed by atoms with Crippen LogP contribution in [0, 0.1) is 0 Å². The van der Waals surface area contributed by atoms with Crippen molar-refractivity contribution in [1.29, 1.82) is 0 Å². The second kappa shape index (κ2) is 5.49. The Labute approximate surface area is 149 Å². The van der Waals surface area contributed by atoms with Crippen LogP contribution < -0.4 is 0 Å². The highest BCUT2D eigenvalue weighted by atomic mass is 16.5. The van der Waals surface area contributed by atoms with Gasteiger partial charge in [0.15, 0.2) is 0 Å². The largest absolute Gasteiger partial charge is 0.465 e. The average molecular weight is 340 g/mol. The first-order valence-electron chi connectivity index (χ1n) is 8.46. The molecule has 26 heavy (non-hydrogen) atoms. The predicted molar refractivity (Wildman–Crippen MR) is 104 cm³/mol. The molecular weight excluding hydrogens is 324 g/mol. The third-order valence-electron chi connectivity index (χ3n) is 4.95. The number of H-pyrrole nitrogens is 2. The van der Waals surface area contributed by atoms with Crippen LogP contribution in [0.3, 0.4) is 0 Å². The molecule has 5 aromatic rings. The van der Waals surface area contributed by atoms with Crippen LogP contribution in [-0.2, 0) is 4.74 Å². The molecule has 0 bridgehead atoms. The molecular formula is C22H16N2O2. The van der Waals surface area contributed by atoms with Crippen molar-refractivity contribution in [2.45, 2.75) is 0 Å². The number of nitrogens with one attached hydrogen (secondary N) is 2. The highest BCUT2D eigenvalue weighted by Gasteiger charge is 2.19. The third-order valence-corrected chi connectivity index (χ3v) is 4.95. The molecule has 0 aliphatic rings. The smallest absolute Gasteiger partial charge is 0.339 e. The summed E-state index contributed by atoms with van der Waals surface area (Å²) in [5.74, 6) is -0.341. The van der Waals surface area contributed by atoms with Crippen LogP contribution in [-0.4, -0.2) is 23.0 Å². The summed E-state index contributed by atoms with van der Waals surface area (Å²) >= 11 is 0. The zero-order chi connectivity index (χ0) is 17.7. The summed E-state index contributed by atoms with van der Waals surface area (Å²) in [4.78, 5) is 19.0. The maximum atomic E-state index is 12.3. The van der Waals surface area contributed by atoms with Gasteiger partial charge >= 0.3 is 5.97 Å². The molecule has 0 saturated heterocycles. The van der Waals surface area contributed by atoms with E-state index in [1.807, 2.05) is 48.7 Å². The van der Waals surface area contributed by atoms with Crippen molar-refractivity contribution in [1.82, 2.24) is 9.97 Å². The number of fused-ring (bicyclic) bond motifs is 4. The minimum Gasteiger partial charge on any atom is -0.465 e. The summed E-state index contributed by atoms with van der Waals surface area (Å²) in [5.41, 5.74) is 5.64. The van der Waals surface area contributed by atoms with Gasteiger partial charge in [0.2, 0.25) is 0 Å². The number of hydrogen-bond acceptors (Lipinski definition) is 2. The van der Waals surface area contributed by atoms with Gasteiger partial charge in [0, 0.05) is 39.0 Å². The molecule has 0 radical (unpaired) electrons. The topological polar surface area (TPSA) is 57.9 Å². The maximum Gasteiger partial charge on any atom is 0.339 e. The molecule has 0 unspecified atom stereocenters. The number of esters is 1. The van der Waals surface area contributed by atoms with Crippen molar-refractivity contribution >= 4 is 38.7 Å². The normalized spacial score (nSPS) is 11.4. The molecule has 2 N–H and O–H groups in total. The van der Waals surface area contributed by atoms with E-state index in [9.17, 15) is 4.79 Å². The number of ether oxygens (including phenoxy) is 1. The zero-order valence-electron chi connectivity index (χ0n) is 14.2. The average Bonchev–Trinajstić information content (AvgIpc) is 3.28. The number of methoxy groups -OCH3 is 1. The molecule has 5 rings (SSSR count). The van der Waals surface area contributed by atoms with E-state index in [1.54, 1.807) is 0 Å². The summed E-state index contributed by atoms with van der Waals surface area (Å²) in [6.45, 7) is 0. The lowest BCUT2D eigenvalue weighted by molar-refractivity contribution is 0.0603. The van der Waals surface area contributed by atoms with Gasteiger partial charge in [-0.25, -0.2) is 4.79 Å². The first kappa shape index (κ1) is 14.8. The van der Waals surface area contributed by atoms with Crippen molar-refractivity contribution < 1.29 is 9.53 Å². The Morgan fingerprint density at radius 3 is 2.38 bits per heavy atom. The van der Waals surface area contributed by atoms with Gasteiger partial charge in [-0.15, -0.1) is 0 Å². The standard InChI is InChI=1S/C22H16N2O2/c1-26-22(25)16-11-10-14(17-12-23-18-8-4-2-6-13(17)18)20-15-7-3-5-9-19(15)24-21(16)20/h2-12,23-24H,1H3. The van der Waals surface area contributed by atoms with Gasteiger partial charge in [-0.05, 0) is 23.8 Å². The fourth-order valence-electron chi connectivity index (χ4n) is 3.76. The lowest BCUT2D eigenvalue weighted by atomic mass is 9.97. The number of rotatable bonds is 2. The highest BCUT2D eigenvalue weighted by molar-refractivity contribution is 6.20. The SMILES string of the molecule is COC(=O)c1ccc(-c2c[nH]c3ccccc23)c2c1[nH]c1ccccc12. The van der Waals surface area contributed by atoms with E-state index in [-0.39, 0.29) is 5.97 Å². The highest BCUT2D eigenvalue weighted by Crippen LogP contribution is 2.39.